The van der Waals surface area contributed by atoms with Crippen molar-refractivity contribution in [2.24, 2.45) is 0 Å². The number of methoxy groups -OCH3 is 1. The van der Waals surface area contributed by atoms with Gasteiger partial charge < -0.3 is 9.30 Å². The van der Waals surface area contributed by atoms with Gasteiger partial charge >= 0.3 is 0 Å². The summed E-state index contributed by atoms with van der Waals surface area (Å²) in [6, 6.07) is 16.7. The van der Waals surface area contributed by atoms with Gasteiger partial charge in [0.25, 0.3) is 0 Å². The molecule has 0 aliphatic heterocycles. The van der Waals surface area contributed by atoms with E-state index < -0.39 is 0 Å². The summed E-state index contributed by atoms with van der Waals surface area (Å²) in [4.78, 5) is 6.46. The van der Waals surface area contributed by atoms with Gasteiger partial charge in [0, 0.05) is 28.7 Å². The van der Waals surface area contributed by atoms with Crippen LogP contribution in [-0.4, -0.2) is 16.7 Å². The fourth-order valence-electron chi connectivity index (χ4n) is 2.13. The van der Waals surface area contributed by atoms with E-state index in [4.69, 9.17) is 4.74 Å². The minimum Gasteiger partial charge on any atom is -0.497 e. The molecule has 0 atom stereocenters. The van der Waals surface area contributed by atoms with E-state index in [1.807, 2.05) is 29.2 Å². The zero-order valence-electron chi connectivity index (χ0n) is 12.9. The lowest BCUT2D eigenvalue weighted by Crippen LogP contribution is -1.89. The molecule has 0 spiro atoms. The maximum absolute atomic E-state index is 5.18. The summed E-state index contributed by atoms with van der Waals surface area (Å²) in [6.45, 7) is 0.836. The first-order valence-corrected chi connectivity index (χ1v) is 8.19. The SMILES string of the molecule is COc1ccc(Sc2ccc(C=CCn3ccnc3)cc2)cc1. The highest BCUT2D eigenvalue weighted by atomic mass is 32.2. The predicted octanol–water partition coefficient (Wildman–Crippen LogP) is 4.76. The number of aromatic nitrogens is 2. The van der Waals surface area contributed by atoms with E-state index in [1.165, 1.54) is 15.4 Å². The van der Waals surface area contributed by atoms with Crippen LogP contribution in [0.15, 0.2) is 83.1 Å². The van der Waals surface area contributed by atoms with E-state index in [0.29, 0.717) is 0 Å². The normalized spacial score (nSPS) is 11.0. The van der Waals surface area contributed by atoms with E-state index in [1.54, 1.807) is 25.1 Å². The molecule has 3 nitrogen and oxygen atoms in total. The van der Waals surface area contributed by atoms with Crippen LogP contribution in [0.25, 0.3) is 6.08 Å². The van der Waals surface area contributed by atoms with Gasteiger partial charge in [-0.25, -0.2) is 4.98 Å². The Balaban J connectivity index is 1.58. The van der Waals surface area contributed by atoms with Crippen molar-refractivity contribution in [1.29, 1.82) is 0 Å². The first kappa shape index (κ1) is 15.4. The van der Waals surface area contributed by atoms with E-state index in [0.717, 1.165) is 12.3 Å². The van der Waals surface area contributed by atoms with Crippen molar-refractivity contribution in [3.8, 4) is 5.75 Å². The average Bonchev–Trinajstić information content (AvgIpc) is 3.11. The molecule has 0 N–H and O–H groups in total. The standard InChI is InChI=1S/C19H18N2OS/c1-22-17-6-10-19(11-7-17)23-18-8-4-16(5-9-18)3-2-13-21-14-12-20-15-21/h2-12,14-15H,13H2,1H3. The lowest BCUT2D eigenvalue weighted by Gasteiger charge is -2.04. The van der Waals surface area contributed by atoms with Crippen molar-refractivity contribution in [3.63, 3.8) is 0 Å². The van der Waals surface area contributed by atoms with Crippen LogP contribution in [0.3, 0.4) is 0 Å². The highest BCUT2D eigenvalue weighted by Crippen LogP contribution is 2.29. The second kappa shape index (κ2) is 7.70. The van der Waals surface area contributed by atoms with Crippen LogP contribution in [0.5, 0.6) is 5.75 Å². The predicted molar refractivity (Wildman–Crippen MR) is 94.8 cm³/mol. The Morgan fingerprint density at radius 3 is 2.35 bits per heavy atom. The van der Waals surface area contributed by atoms with Crippen molar-refractivity contribution in [2.45, 2.75) is 16.3 Å². The largest absolute Gasteiger partial charge is 0.497 e. The van der Waals surface area contributed by atoms with Crippen molar-refractivity contribution >= 4 is 17.8 Å². The second-order valence-electron chi connectivity index (χ2n) is 5.01. The van der Waals surface area contributed by atoms with Gasteiger partial charge in [0.2, 0.25) is 0 Å². The van der Waals surface area contributed by atoms with Crippen LogP contribution >= 0.6 is 11.8 Å². The van der Waals surface area contributed by atoms with E-state index in [9.17, 15) is 0 Å². The third kappa shape index (κ3) is 4.50. The maximum atomic E-state index is 5.18. The molecule has 0 unspecified atom stereocenters. The zero-order valence-corrected chi connectivity index (χ0v) is 13.7. The molecule has 0 saturated carbocycles. The van der Waals surface area contributed by atoms with Gasteiger partial charge in [-0.15, -0.1) is 0 Å². The van der Waals surface area contributed by atoms with Crippen LogP contribution in [0.1, 0.15) is 5.56 Å². The second-order valence-corrected chi connectivity index (χ2v) is 6.16. The molecule has 0 bridgehead atoms. The van der Waals surface area contributed by atoms with Crippen molar-refractivity contribution in [3.05, 3.63) is 78.9 Å². The number of allylic oxidation sites excluding steroid dienone is 1. The number of imidazole rings is 1. The molecule has 0 saturated heterocycles. The third-order valence-electron chi connectivity index (χ3n) is 3.36. The number of hydrogen-bond donors (Lipinski definition) is 0. The summed E-state index contributed by atoms with van der Waals surface area (Å²) in [5.74, 6) is 0.882. The highest BCUT2D eigenvalue weighted by Gasteiger charge is 1.98. The first-order valence-electron chi connectivity index (χ1n) is 7.38. The molecule has 0 aliphatic carbocycles. The lowest BCUT2D eigenvalue weighted by molar-refractivity contribution is 0.414. The Bertz CT molecular complexity index is 747. The fraction of sp³-hybridized carbons (Fsp3) is 0.105. The van der Waals surface area contributed by atoms with E-state index in [-0.39, 0.29) is 0 Å². The number of benzene rings is 2. The van der Waals surface area contributed by atoms with Gasteiger partial charge in [0.05, 0.1) is 13.4 Å². The quantitative estimate of drug-likeness (QED) is 0.655. The first-order chi connectivity index (χ1) is 11.3. The molecular weight excluding hydrogens is 304 g/mol. The van der Waals surface area contributed by atoms with Gasteiger partial charge in [-0.05, 0) is 42.0 Å². The zero-order chi connectivity index (χ0) is 15.9. The summed E-state index contributed by atoms with van der Waals surface area (Å²) < 4.78 is 7.21. The van der Waals surface area contributed by atoms with Crippen molar-refractivity contribution in [2.75, 3.05) is 7.11 Å². The van der Waals surface area contributed by atoms with Crippen LogP contribution in [-0.2, 0) is 6.54 Å². The van der Waals surface area contributed by atoms with Gasteiger partial charge in [0.1, 0.15) is 5.75 Å². The highest BCUT2D eigenvalue weighted by molar-refractivity contribution is 7.99. The number of rotatable bonds is 6. The maximum Gasteiger partial charge on any atom is 0.118 e. The van der Waals surface area contributed by atoms with Crippen LogP contribution in [0, 0.1) is 0 Å². The summed E-state index contributed by atoms with van der Waals surface area (Å²) in [7, 11) is 1.68. The van der Waals surface area contributed by atoms with E-state index >= 15 is 0 Å². The Hall–Kier alpha value is -2.46. The molecule has 3 aromatic rings. The van der Waals surface area contributed by atoms with Gasteiger partial charge in [-0.3, -0.25) is 0 Å². The Kier molecular flexibility index (Phi) is 5.17. The van der Waals surface area contributed by atoms with Gasteiger partial charge in [-0.1, -0.05) is 36.0 Å². The molecular formula is C19H18N2OS. The number of nitrogens with zero attached hydrogens (tertiary/aromatic N) is 2. The topological polar surface area (TPSA) is 27.1 Å². The molecule has 23 heavy (non-hydrogen) atoms. The molecule has 0 fully saturated rings. The molecule has 2 aromatic carbocycles. The van der Waals surface area contributed by atoms with Crippen LogP contribution < -0.4 is 4.74 Å². The van der Waals surface area contributed by atoms with Crippen LogP contribution in [0.2, 0.25) is 0 Å². The smallest absolute Gasteiger partial charge is 0.118 e. The summed E-state index contributed by atoms with van der Waals surface area (Å²) in [6.07, 6.45) is 9.83. The molecule has 4 heteroatoms. The summed E-state index contributed by atoms with van der Waals surface area (Å²) in [5, 5.41) is 0. The monoisotopic (exact) mass is 322 g/mol. The van der Waals surface area contributed by atoms with Gasteiger partial charge in [0.15, 0.2) is 0 Å². The molecule has 1 aromatic heterocycles. The molecule has 3 rings (SSSR count). The minimum absolute atomic E-state index is 0.836. The third-order valence-corrected chi connectivity index (χ3v) is 4.38. The Morgan fingerprint density at radius 1 is 1.04 bits per heavy atom. The number of ether oxygens (including phenoxy) is 1. The van der Waals surface area contributed by atoms with E-state index in [2.05, 4.69) is 53.5 Å². The fourth-order valence-corrected chi connectivity index (χ4v) is 2.95. The van der Waals surface area contributed by atoms with Gasteiger partial charge in [-0.2, -0.15) is 0 Å². The Morgan fingerprint density at radius 2 is 1.74 bits per heavy atom. The summed E-state index contributed by atoms with van der Waals surface area (Å²) in [5.41, 5.74) is 1.20. The van der Waals surface area contributed by atoms with Crippen molar-refractivity contribution < 1.29 is 4.74 Å². The molecule has 116 valence electrons. The lowest BCUT2D eigenvalue weighted by atomic mass is 10.2. The van der Waals surface area contributed by atoms with Crippen LogP contribution in [0.4, 0.5) is 0 Å². The average molecular weight is 322 g/mol. The molecule has 0 amide bonds. The number of hydrogen-bond acceptors (Lipinski definition) is 3. The summed E-state index contributed by atoms with van der Waals surface area (Å²) >= 11 is 1.75. The minimum atomic E-state index is 0.836. The van der Waals surface area contributed by atoms with Crippen molar-refractivity contribution in [1.82, 2.24) is 9.55 Å². The molecule has 0 radical (unpaired) electrons. The Labute approximate surface area is 140 Å². The molecule has 0 aliphatic rings. The molecule has 1 heterocycles.